The van der Waals surface area contributed by atoms with E-state index in [4.69, 9.17) is 17.3 Å². The van der Waals surface area contributed by atoms with Crippen molar-refractivity contribution < 1.29 is 0 Å². The summed E-state index contributed by atoms with van der Waals surface area (Å²) in [5, 5.41) is 7.35. The molecule has 0 aliphatic carbocycles. The number of halogens is 1. The summed E-state index contributed by atoms with van der Waals surface area (Å²) in [7, 11) is 1.64. The second-order valence-electron chi connectivity index (χ2n) is 3.32. The summed E-state index contributed by atoms with van der Waals surface area (Å²) in [4.78, 5) is 15.3. The normalized spacial score (nSPS) is 10.7. The number of nitrogens with one attached hydrogen (secondary N) is 1. The molecule has 2 aromatic rings. The number of aromatic nitrogens is 4. The molecule has 17 heavy (non-hydrogen) atoms. The van der Waals surface area contributed by atoms with Crippen LogP contribution in [0.1, 0.15) is 5.69 Å². The molecule has 0 aromatic carbocycles. The van der Waals surface area contributed by atoms with Crippen LogP contribution in [0.4, 0.5) is 5.82 Å². The Bertz CT molecular complexity index is 593. The highest BCUT2D eigenvalue weighted by Gasteiger charge is 2.08. The Balaban J connectivity index is 2.15. The zero-order valence-corrected chi connectivity index (χ0v) is 10.5. The van der Waals surface area contributed by atoms with E-state index in [1.54, 1.807) is 19.2 Å². The van der Waals surface area contributed by atoms with Crippen LogP contribution in [0.25, 0.3) is 0 Å². The van der Waals surface area contributed by atoms with Crippen molar-refractivity contribution in [2.75, 3.05) is 5.73 Å². The van der Waals surface area contributed by atoms with Crippen LogP contribution in [0.5, 0.6) is 0 Å². The monoisotopic (exact) mass is 271 g/mol. The van der Waals surface area contributed by atoms with Crippen LogP contribution in [0.15, 0.2) is 22.1 Å². The van der Waals surface area contributed by atoms with Gasteiger partial charge in [0.05, 0.1) is 10.7 Å². The van der Waals surface area contributed by atoms with E-state index in [-0.39, 0.29) is 5.69 Å². The van der Waals surface area contributed by atoms with Crippen molar-refractivity contribution in [3.8, 4) is 0 Å². The Kier molecular flexibility index (Phi) is 3.39. The fraction of sp³-hybridized carbons (Fsp3) is 0.222. The summed E-state index contributed by atoms with van der Waals surface area (Å²) in [5.74, 6) is 0.920. The number of pyridine rings is 1. The van der Waals surface area contributed by atoms with Gasteiger partial charge in [0.2, 0.25) is 0 Å². The molecule has 0 bridgehead atoms. The number of aromatic amines is 1. The Hall–Kier alpha value is -1.47. The molecule has 0 aliphatic heterocycles. The molecule has 3 N–H and O–H groups in total. The topological polar surface area (TPSA) is 89.6 Å². The van der Waals surface area contributed by atoms with E-state index < -0.39 is 0 Å². The quantitative estimate of drug-likeness (QED) is 0.814. The van der Waals surface area contributed by atoms with Crippen molar-refractivity contribution in [2.24, 2.45) is 7.05 Å². The third-order valence-corrected chi connectivity index (χ3v) is 3.50. The first-order chi connectivity index (χ1) is 8.08. The Morgan fingerprint density at radius 2 is 2.35 bits per heavy atom. The molecule has 2 aromatic heterocycles. The predicted octanol–water partition coefficient (Wildman–Crippen LogP) is 1.03. The maximum atomic E-state index is 11.1. The molecule has 0 saturated carbocycles. The van der Waals surface area contributed by atoms with Crippen molar-refractivity contribution in [1.29, 1.82) is 0 Å². The first-order valence-electron chi connectivity index (χ1n) is 4.73. The standard InChI is InChI=1S/C9H10ClN5OS/c1-15-8(16)13-14-9(15)17-4-6-5(10)2-3-7(11)12-6/h2-3H,4H2,1H3,(H2,11,12)(H,13,16). The highest BCUT2D eigenvalue weighted by Crippen LogP contribution is 2.23. The molecule has 0 atom stereocenters. The van der Waals surface area contributed by atoms with E-state index in [0.29, 0.717) is 27.4 Å². The van der Waals surface area contributed by atoms with E-state index in [1.807, 2.05) is 0 Å². The van der Waals surface area contributed by atoms with Gasteiger partial charge in [0.25, 0.3) is 0 Å². The molecule has 2 rings (SSSR count). The third-order valence-electron chi connectivity index (χ3n) is 2.12. The molecule has 0 radical (unpaired) electrons. The average Bonchev–Trinajstić information content (AvgIpc) is 2.62. The lowest BCUT2D eigenvalue weighted by atomic mass is 10.4. The zero-order valence-electron chi connectivity index (χ0n) is 8.98. The molecule has 90 valence electrons. The fourth-order valence-electron chi connectivity index (χ4n) is 1.20. The van der Waals surface area contributed by atoms with Gasteiger partial charge in [0.15, 0.2) is 5.16 Å². The highest BCUT2D eigenvalue weighted by molar-refractivity contribution is 7.98. The number of hydrogen-bond acceptors (Lipinski definition) is 5. The number of nitrogens with zero attached hydrogens (tertiary/aromatic N) is 3. The molecule has 0 aliphatic rings. The SMILES string of the molecule is Cn1c(SCc2nc(N)ccc2Cl)n[nH]c1=O. The maximum absolute atomic E-state index is 11.1. The van der Waals surface area contributed by atoms with Crippen molar-refractivity contribution in [1.82, 2.24) is 19.7 Å². The first kappa shape index (κ1) is 12.0. The molecule has 0 spiro atoms. The van der Waals surface area contributed by atoms with Crippen LogP contribution in [-0.2, 0) is 12.8 Å². The van der Waals surface area contributed by atoms with Gasteiger partial charge >= 0.3 is 5.69 Å². The Labute approximate surface area is 106 Å². The molecule has 2 heterocycles. The summed E-state index contributed by atoms with van der Waals surface area (Å²) in [6.07, 6.45) is 0. The number of anilines is 1. The van der Waals surface area contributed by atoms with Gasteiger partial charge in [-0.3, -0.25) is 4.57 Å². The van der Waals surface area contributed by atoms with Gasteiger partial charge in [-0.1, -0.05) is 23.4 Å². The van der Waals surface area contributed by atoms with Gasteiger partial charge in [-0.25, -0.2) is 14.9 Å². The Morgan fingerprint density at radius 1 is 1.59 bits per heavy atom. The van der Waals surface area contributed by atoms with Crippen LogP contribution in [0, 0.1) is 0 Å². The number of H-pyrrole nitrogens is 1. The lowest BCUT2D eigenvalue weighted by Gasteiger charge is -2.03. The highest BCUT2D eigenvalue weighted by atomic mass is 35.5. The van der Waals surface area contributed by atoms with Crippen molar-refractivity contribution >= 4 is 29.2 Å². The van der Waals surface area contributed by atoms with Crippen LogP contribution in [0.3, 0.4) is 0 Å². The molecule has 6 nitrogen and oxygen atoms in total. The fourth-order valence-corrected chi connectivity index (χ4v) is 2.32. The number of rotatable bonds is 3. The first-order valence-corrected chi connectivity index (χ1v) is 6.09. The lowest BCUT2D eigenvalue weighted by molar-refractivity contribution is 0.765. The zero-order chi connectivity index (χ0) is 12.4. The number of nitrogen functional groups attached to an aromatic ring is 1. The molecule has 0 fully saturated rings. The molecule has 0 saturated heterocycles. The summed E-state index contributed by atoms with van der Waals surface area (Å²) in [6.45, 7) is 0. The van der Waals surface area contributed by atoms with Crippen LogP contribution >= 0.6 is 23.4 Å². The average molecular weight is 272 g/mol. The van der Waals surface area contributed by atoms with Crippen LogP contribution in [-0.4, -0.2) is 19.7 Å². The molecule has 8 heteroatoms. The van der Waals surface area contributed by atoms with E-state index in [2.05, 4.69) is 15.2 Å². The molecular weight excluding hydrogens is 262 g/mol. The van der Waals surface area contributed by atoms with Crippen molar-refractivity contribution in [3.05, 3.63) is 33.3 Å². The van der Waals surface area contributed by atoms with Gasteiger partial charge in [0.1, 0.15) is 5.82 Å². The second-order valence-corrected chi connectivity index (χ2v) is 4.67. The summed E-state index contributed by atoms with van der Waals surface area (Å²) in [6, 6.07) is 3.34. The minimum Gasteiger partial charge on any atom is -0.384 e. The minimum absolute atomic E-state index is 0.251. The molecule has 0 amide bonds. The van der Waals surface area contributed by atoms with E-state index in [1.165, 1.54) is 16.3 Å². The summed E-state index contributed by atoms with van der Waals surface area (Å²) in [5.41, 5.74) is 6.00. The Morgan fingerprint density at radius 3 is 3.00 bits per heavy atom. The van der Waals surface area contributed by atoms with Gasteiger partial charge in [-0.2, -0.15) is 0 Å². The van der Waals surface area contributed by atoms with E-state index in [0.717, 1.165) is 0 Å². The van der Waals surface area contributed by atoms with Gasteiger partial charge < -0.3 is 5.73 Å². The third kappa shape index (κ3) is 2.62. The second kappa shape index (κ2) is 4.80. The predicted molar refractivity (Wildman–Crippen MR) is 67.0 cm³/mol. The number of thioether (sulfide) groups is 1. The molecule has 0 unspecified atom stereocenters. The maximum Gasteiger partial charge on any atom is 0.343 e. The minimum atomic E-state index is -0.251. The van der Waals surface area contributed by atoms with Crippen molar-refractivity contribution in [3.63, 3.8) is 0 Å². The largest absolute Gasteiger partial charge is 0.384 e. The van der Waals surface area contributed by atoms with E-state index in [9.17, 15) is 4.79 Å². The van der Waals surface area contributed by atoms with E-state index >= 15 is 0 Å². The van der Waals surface area contributed by atoms with Gasteiger partial charge in [0, 0.05) is 12.8 Å². The molecular formula is C9H10ClN5OS. The summed E-state index contributed by atoms with van der Waals surface area (Å²) >= 11 is 7.34. The van der Waals surface area contributed by atoms with Crippen LogP contribution in [0.2, 0.25) is 5.02 Å². The van der Waals surface area contributed by atoms with Gasteiger partial charge in [-0.05, 0) is 12.1 Å². The smallest absolute Gasteiger partial charge is 0.343 e. The van der Waals surface area contributed by atoms with Crippen molar-refractivity contribution in [2.45, 2.75) is 10.9 Å². The van der Waals surface area contributed by atoms with Gasteiger partial charge in [-0.15, -0.1) is 5.10 Å². The summed E-state index contributed by atoms with van der Waals surface area (Å²) < 4.78 is 1.42. The lowest BCUT2D eigenvalue weighted by Crippen LogP contribution is -2.12. The number of nitrogens with two attached hydrogens (primary N) is 1. The number of hydrogen-bond donors (Lipinski definition) is 2. The van der Waals surface area contributed by atoms with Crippen LogP contribution < -0.4 is 11.4 Å².